The van der Waals surface area contributed by atoms with Crippen molar-refractivity contribution in [3.8, 4) is 0 Å². The maximum Gasteiger partial charge on any atom is 0.228 e. The third kappa shape index (κ3) is 5.92. The molecule has 0 spiro atoms. The predicted molar refractivity (Wildman–Crippen MR) is 121 cm³/mol. The second kappa shape index (κ2) is 8.90. The van der Waals surface area contributed by atoms with Gasteiger partial charge in [0.05, 0.1) is 5.69 Å². The maximum atomic E-state index is 12.4. The van der Waals surface area contributed by atoms with Crippen molar-refractivity contribution < 1.29 is 4.79 Å². The van der Waals surface area contributed by atoms with Gasteiger partial charge in [-0.25, -0.2) is 4.98 Å². The summed E-state index contributed by atoms with van der Waals surface area (Å²) >= 11 is 1.71. The molecule has 1 N–H and O–H groups in total. The van der Waals surface area contributed by atoms with Gasteiger partial charge in [0.25, 0.3) is 0 Å². The molecule has 7 heteroatoms. The molecule has 0 bridgehead atoms. The molecule has 0 radical (unpaired) electrons. The molecule has 164 valence electrons. The summed E-state index contributed by atoms with van der Waals surface area (Å²) < 4.78 is 0. The standard InChI is InChI=1S/C22H39N5OS/c1-21(2,3)19(28)26-12-10-25(11-13-26)15-17-16-29-20(24-17)23-14-18-8-7-9-27(18)22(4,5)6/h16,18H,7-15H2,1-6H3,(H,23,24)/t18-/m1/s1. The maximum absolute atomic E-state index is 12.4. The van der Waals surface area contributed by atoms with Crippen molar-refractivity contribution in [2.24, 2.45) is 5.41 Å². The monoisotopic (exact) mass is 421 g/mol. The molecular formula is C22H39N5OS. The predicted octanol–water partition coefficient (Wildman–Crippen LogP) is 3.51. The van der Waals surface area contributed by atoms with Crippen LogP contribution in [0.4, 0.5) is 5.13 Å². The van der Waals surface area contributed by atoms with Crippen molar-refractivity contribution in [2.75, 3.05) is 44.6 Å². The molecule has 2 aliphatic rings. The first-order valence-corrected chi connectivity index (χ1v) is 11.9. The second-order valence-corrected chi connectivity index (χ2v) is 11.4. The third-order valence-electron chi connectivity index (χ3n) is 5.97. The molecule has 0 unspecified atom stereocenters. The minimum Gasteiger partial charge on any atom is -0.360 e. The van der Waals surface area contributed by atoms with Crippen molar-refractivity contribution in [2.45, 2.75) is 72.5 Å². The van der Waals surface area contributed by atoms with Crippen molar-refractivity contribution in [1.82, 2.24) is 19.7 Å². The van der Waals surface area contributed by atoms with Crippen LogP contribution < -0.4 is 5.32 Å². The fourth-order valence-corrected chi connectivity index (χ4v) is 5.12. The van der Waals surface area contributed by atoms with Crippen molar-refractivity contribution in [1.29, 1.82) is 0 Å². The van der Waals surface area contributed by atoms with Gasteiger partial charge < -0.3 is 10.2 Å². The lowest BCUT2D eigenvalue weighted by molar-refractivity contribution is -0.141. The van der Waals surface area contributed by atoms with Gasteiger partial charge in [-0.1, -0.05) is 20.8 Å². The normalized spacial score (nSPS) is 22.3. The number of amides is 1. The summed E-state index contributed by atoms with van der Waals surface area (Å²) in [5.41, 5.74) is 1.07. The van der Waals surface area contributed by atoms with E-state index in [-0.39, 0.29) is 16.9 Å². The van der Waals surface area contributed by atoms with Crippen LogP contribution in [-0.2, 0) is 11.3 Å². The number of carbonyl (C=O) groups is 1. The van der Waals surface area contributed by atoms with Crippen LogP contribution in [-0.4, -0.2) is 76.4 Å². The minimum atomic E-state index is -0.292. The van der Waals surface area contributed by atoms with E-state index >= 15 is 0 Å². The quantitative estimate of drug-likeness (QED) is 0.788. The van der Waals surface area contributed by atoms with Crippen LogP contribution in [0, 0.1) is 5.41 Å². The average Bonchev–Trinajstić information content (AvgIpc) is 3.28. The molecule has 0 saturated carbocycles. The number of rotatable bonds is 5. The van der Waals surface area contributed by atoms with E-state index in [2.05, 4.69) is 41.3 Å². The molecule has 29 heavy (non-hydrogen) atoms. The first kappa shape index (κ1) is 22.5. The molecule has 1 atom stereocenters. The van der Waals surface area contributed by atoms with Crippen LogP contribution in [0.2, 0.25) is 0 Å². The van der Waals surface area contributed by atoms with Gasteiger partial charge in [0.2, 0.25) is 5.91 Å². The molecule has 2 saturated heterocycles. The van der Waals surface area contributed by atoms with Gasteiger partial charge in [-0.05, 0) is 40.2 Å². The highest BCUT2D eigenvalue weighted by Gasteiger charge is 2.33. The summed E-state index contributed by atoms with van der Waals surface area (Å²) in [6, 6.07) is 0.593. The highest BCUT2D eigenvalue weighted by Crippen LogP contribution is 2.27. The second-order valence-electron chi connectivity index (χ2n) is 10.5. The van der Waals surface area contributed by atoms with Crippen molar-refractivity contribution >= 4 is 22.4 Å². The number of nitrogens with zero attached hydrogens (tertiary/aromatic N) is 4. The zero-order valence-electron chi connectivity index (χ0n) is 19.1. The summed E-state index contributed by atoms with van der Waals surface area (Å²) in [5, 5.41) is 6.78. The number of anilines is 1. The van der Waals surface area contributed by atoms with Gasteiger partial charge in [0.1, 0.15) is 0 Å². The van der Waals surface area contributed by atoms with Gasteiger partial charge in [-0.3, -0.25) is 14.6 Å². The highest BCUT2D eigenvalue weighted by atomic mass is 32.1. The molecule has 6 nitrogen and oxygen atoms in total. The molecular weight excluding hydrogens is 382 g/mol. The Balaban J connectivity index is 1.45. The first-order valence-electron chi connectivity index (χ1n) is 11.0. The van der Waals surface area contributed by atoms with Gasteiger partial charge >= 0.3 is 0 Å². The van der Waals surface area contributed by atoms with E-state index in [4.69, 9.17) is 4.98 Å². The number of aromatic nitrogens is 1. The van der Waals surface area contributed by atoms with Gasteiger partial charge in [-0.15, -0.1) is 11.3 Å². The number of nitrogens with one attached hydrogen (secondary N) is 1. The molecule has 1 aromatic heterocycles. The lowest BCUT2D eigenvalue weighted by atomic mass is 9.94. The van der Waals surface area contributed by atoms with E-state index in [1.807, 2.05) is 25.7 Å². The van der Waals surface area contributed by atoms with E-state index in [1.54, 1.807) is 11.3 Å². The Kier molecular flexibility index (Phi) is 6.91. The SMILES string of the molecule is CC(C)(C)C(=O)N1CCN(Cc2csc(NC[C@H]3CCCN3C(C)(C)C)n2)CC1. The summed E-state index contributed by atoms with van der Waals surface area (Å²) in [4.78, 5) is 24.3. The van der Waals surface area contributed by atoms with Crippen LogP contribution in [0.15, 0.2) is 5.38 Å². The Morgan fingerprint density at radius 3 is 2.45 bits per heavy atom. The largest absolute Gasteiger partial charge is 0.360 e. The Morgan fingerprint density at radius 1 is 1.14 bits per heavy atom. The van der Waals surface area contributed by atoms with E-state index in [0.29, 0.717) is 6.04 Å². The number of carbonyl (C=O) groups excluding carboxylic acids is 1. The molecule has 1 aromatic rings. The highest BCUT2D eigenvalue weighted by molar-refractivity contribution is 7.13. The van der Waals surface area contributed by atoms with Crippen molar-refractivity contribution in [3.63, 3.8) is 0 Å². The molecule has 3 rings (SSSR count). The number of hydrogen-bond donors (Lipinski definition) is 1. The smallest absolute Gasteiger partial charge is 0.228 e. The number of likely N-dealkylation sites (tertiary alicyclic amines) is 1. The third-order valence-corrected chi connectivity index (χ3v) is 6.81. The Bertz CT molecular complexity index is 682. The van der Waals surface area contributed by atoms with Crippen LogP contribution >= 0.6 is 11.3 Å². The van der Waals surface area contributed by atoms with E-state index < -0.39 is 0 Å². The summed E-state index contributed by atoms with van der Waals surface area (Å²) in [7, 11) is 0. The van der Waals surface area contributed by atoms with Gasteiger partial charge in [0.15, 0.2) is 5.13 Å². The fourth-order valence-electron chi connectivity index (χ4n) is 4.41. The number of piperazine rings is 1. The van der Waals surface area contributed by atoms with Crippen LogP contribution in [0.3, 0.4) is 0 Å². The lowest BCUT2D eigenvalue weighted by Gasteiger charge is -2.37. The minimum absolute atomic E-state index is 0.230. The molecule has 0 aromatic carbocycles. The van der Waals surface area contributed by atoms with Crippen LogP contribution in [0.25, 0.3) is 0 Å². The molecule has 2 aliphatic heterocycles. The summed E-state index contributed by atoms with van der Waals surface area (Å²) in [6.07, 6.45) is 2.55. The first-order chi connectivity index (χ1) is 13.5. The zero-order chi connectivity index (χ0) is 21.2. The van der Waals surface area contributed by atoms with E-state index in [0.717, 1.165) is 50.1 Å². The summed E-state index contributed by atoms with van der Waals surface area (Å²) in [5.74, 6) is 0.258. The molecule has 0 aliphatic carbocycles. The van der Waals surface area contributed by atoms with Gasteiger partial charge in [-0.2, -0.15) is 0 Å². The molecule has 2 fully saturated rings. The summed E-state index contributed by atoms with van der Waals surface area (Å²) in [6.45, 7) is 19.4. The Hall–Kier alpha value is -1.18. The topological polar surface area (TPSA) is 51.7 Å². The van der Waals surface area contributed by atoms with E-state index in [9.17, 15) is 4.79 Å². The number of hydrogen-bond acceptors (Lipinski definition) is 6. The van der Waals surface area contributed by atoms with Crippen molar-refractivity contribution in [3.05, 3.63) is 11.1 Å². The van der Waals surface area contributed by atoms with E-state index in [1.165, 1.54) is 19.4 Å². The van der Waals surface area contributed by atoms with Crippen LogP contribution in [0.1, 0.15) is 60.1 Å². The Labute approximate surface area is 180 Å². The average molecular weight is 422 g/mol. The lowest BCUT2D eigenvalue weighted by Crippen LogP contribution is -2.51. The molecule has 3 heterocycles. The zero-order valence-corrected chi connectivity index (χ0v) is 19.9. The van der Waals surface area contributed by atoms with Crippen LogP contribution in [0.5, 0.6) is 0 Å². The fraction of sp³-hybridized carbons (Fsp3) is 0.818. The number of thiazole rings is 1. The Morgan fingerprint density at radius 2 is 1.83 bits per heavy atom. The van der Waals surface area contributed by atoms with Gasteiger partial charge in [0, 0.05) is 61.6 Å². The molecule has 1 amide bonds.